The Kier molecular flexibility index (Phi) is 6.65. The maximum Gasteiger partial charge on any atom is 0.0304 e. The van der Waals surface area contributed by atoms with Gasteiger partial charge in [-0.05, 0) is 37.1 Å². The summed E-state index contributed by atoms with van der Waals surface area (Å²) in [6.07, 6.45) is 8.01. The molecule has 1 fully saturated rings. The molecule has 2 nitrogen and oxygen atoms in total. The van der Waals surface area contributed by atoms with Crippen LogP contribution in [-0.4, -0.2) is 18.6 Å². The molecule has 0 aromatic rings. The summed E-state index contributed by atoms with van der Waals surface area (Å²) in [4.78, 5) is 0. The van der Waals surface area contributed by atoms with Crippen molar-refractivity contribution in [2.75, 3.05) is 13.1 Å². The lowest BCUT2D eigenvalue weighted by Crippen LogP contribution is -2.53. The van der Waals surface area contributed by atoms with Gasteiger partial charge in [-0.15, -0.1) is 0 Å². The highest BCUT2D eigenvalue weighted by Crippen LogP contribution is 2.28. The third-order valence-corrected chi connectivity index (χ3v) is 4.88. The van der Waals surface area contributed by atoms with Gasteiger partial charge in [0, 0.05) is 12.1 Å². The smallest absolute Gasteiger partial charge is 0.0304 e. The van der Waals surface area contributed by atoms with Gasteiger partial charge in [-0.3, -0.25) is 0 Å². The van der Waals surface area contributed by atoms with Gasteiger partial charge in [0.1, 0.15) is 0 Å². The first-order valence-electron chi connectivity index (χ1n) is 7.96. The molecule has 0 atom stereocenters. The van der Waals surface area contributed by atoms with E-state index in [0.717, 1.165) is 30.8 Å². The summed E-state index contributed by atoms with van der Waals surface area (Å²) in [6.45, 7) is 11.3. The molecule has 0 saturated heterocycles. The number of nitrogens with two attached hydrogens (primary N) is 1. The Morgan fingerprint density at radius 3 is 1.83 bits per heavy atom. The lowest BCUT2D eigenvalue weighted by Gasteiger charge is -2.36. The molecule has 2 heteroatoms. The first kappa shape index (κ1) is 16.0. The molecule has 0 heterocycles. The van der Waals surface area contributed by atoms with Gasteiger partial charge in [0.05, 0.1) is 0 Å². The minimum Gasteiger partial charge on any atom is -0.329 e. The summed E-state index contributed by atoms with van der Waals surface area (Å²) in [5.41, 5.74) is 6.32. The van der Waals surface area contributed by atoms with Gasteiger partial charge in [0.25, 0.3) is 0 Å². The first-order valence-corrected chi connectivity index (χ1v) is 7.96. The van der Waals surface area contributed by atoms with Crippen LogP contribution >= 0.6 is 0 Å². The molecule has 3 N–H and O–H groups in total. The van der Waals surface area contributed by atoms with Crippen LogP contribution in [0.3, 0.4) is 0 Å². The van der Waals surface area contributed by atoms with Gasteiger partial charge in [0.15, 0.2) is 0 Å². The zero-order valence-electron chi connectivity index (χ0n) is 13.0. The van der Waals surface area contributed by atoms with E-state index in [4.69, 9.17) is 5.73 Å². The highest BCUT2D eigenvalue weighted by molar-refractivity contribution is 4.91. The van der Waals surface area contributed by atoms with Gasteiger partial charge in [-0.25, -0.2) is 0 Å². The zero-order chi connectivity index (χ0) is 13.6. The Bertz CT molecular complexity index is 207. The third-order valence-electron chi connectivity index (χ3n) is 4.88. The van der Waals surface area contributed by atoms with Gasteiger partial charge in [-0.1, -0.05) is 53.4 Å². The van der Waals surface area contributed by atoms with Crippen molar-refractivity contribution in [1.29, 1.82) is 0 Å². The Labute approximate surface area is 114 Å². The largest absolute Gasteiger partial charge is 0.329 e. The maximum atomic E-state index is 6.08. The first-order chi connectivity index (χ1) is 8.51. The van der Waals surface area contributed by atoms with Crippen LogP contribution in [0.4, 0.5) is 0 Å². The van der Waals surface area contributed by atoms with Crippen molar-refractivity contribution in [2.24, 2.45) is 23.5 Å². The molecule has 0 aliphatic heterocycles. The topological polar surface area (TPSA) is 38.0 Å². The molecule has 1 saturated carbocycles. The number of hydrogen-bond acceptors (Lipinski definition) is 2. The average Bonchev–Trinajstić information content (AvgIpc) is 2.54. The fourth-order valence-electron chi connectivity index (χ4n) is 3.43. The highest BCUT2D eigenvalue weighted by Gasteiger charge is 2.30. The van der Waals surface area contributed by atoms with Crippen molar-refractivity contribution < 1.29 is 0 Å². The fraction of sp³-hybridized carbons (Fsp3) is 1.00. The van der Waals surface area contributed by atoms with Gasteiger partial charge in [-0.2, -0.15) is 0 Å². The summed E-state index contributed by atoms with van der Waals surface area (Å²) in [5.74, 6) is 2.26. The van der Waals surface area contributed by atoms with Gasteiger partial charge in [0.2, 0.25) is 0 Å². The Morgan fingerprint density at radius 1 is 0.944 bits per heavy atom. The minimum absolute atomic E-state index is 0.235. The van der Waals surface area contributed by atoms with Crippen molar-refractivity contribution in [3.63, 3.8) is 0 Å². The van der Waals surface area contributed by atoms with Crippen LogP contribution in [0.15, 0.2) is 0 Å². The predicted octanol–water partition coefficient (Wildman–Crippen LogP) is 3.56. The Balaban J connectivity index is 2.56. The second-order valence-electron chi connectivity index (χ2n) is 6.93. The van der Waals surface area contributed by atoms with Crippen molar-refractivity contribution >= 4 is 0 Å². The van der Waals surface area contributed by atoms with Crippen molar-refractivity contribution in [3.05, 3.63) is 0 Å². The molecule has 108 valence electrons. The molecule has 0 amide bonds. The SMILES string of the molecule is CC(C)C(CNC1(CN)CCCCCC1)C(C)C. The summed E-state index contributed by atoms with van der Waals surface area (Å²) in [5, 5.41) is 3.86. The third kappa shape index (κ3) is 4.55. The van der Waals surface area contributed by atoms with E-state index < -0.39 is 0 Å². The molecule has 18 heavy (non-hydrogen) atoms. The van der Waals surface area contributed by atoms with Crippen molar-refractivity contribution in [3.8, 4) is 0 Å². The molecule has 1 rings (SSSR count). The van der Waals surface area contributed by atoms with Gasteiger partial charge >= 0.3 is 0 Å². The van der Waals surface area contributed by atoms with Crippen molar-refractivity contribution in [1.82, 2.24) is 5.32 Å². The van der Waals surface area contributed by atoms with Crippen LogP contribution in [0, 0.1) is 17.8 Å². The highest BCUT2D eigenvalue weighted by atomic mass is 15.0. The quantitative estimate of drug-likeness (QED) is 0.711. The molecule has 0 aromatic heterocycles. The van der Waals surface area contributed by atoms with Crippen LogP contribution in [0.25, 0.3) is 0 Å². The molecule has 1 aliphatic rings. The van der Waals surface area contributed by atoms with E-state index in [1.807, 2.05) is 0 Å². The average molecular weight is 254 g/mol. The molecule has 0 aromatic carbocycles. The van der Waals surface area contributed by atoms with E-state index in [2.05, 4.69) is 33.0 Å². The Morgan fingerprint density at radius 2 is 1.44 bits per heavy atom. The van der Waals surface area contributed by atoms with Crippen LogP contribution < -0.4 is 11.1 Å². The summed E-state index contributed by atoms with van der Waals surface area (Å²) in [6, 6.07) is 0. The van der Waals surface area contributed by atoms with E-state index in [0.29, 0.717) is 0 Å². The monoisotopic (exact) mass is 254 g/mol. The number of nitrogens with one attached hydrogen (secondary N) is 1. The molecule has 0 bridgehead atoms. The molecule has 0 spiro atoms. The summed E-state index contributed by atoms with van der Waals surface area (Å²) < 4.78 is 0. The van der Waals surface area contributed by atoms with Crippen LogP contribution in [0.2, 0.25) is 0 Å². The molecular weight excluding hydrogens is 220 g/mol. The molecule has 0 unspecified atom stereocenters. The molecule has 1 aliphatic carbocycles. The second-order valence-corrected chi connectivity index (χ2v) is 6.93. The lowest BCUT2D eigenvalue weighted by molar-refractivity contribution is 0.216. The van der Waals surface area contributed by atoms with E-state index >= 15 is 0 Å². The zero-order valence-corrected chi connectivity index (χ0v) is 13.0. The summed E-state index contributed by atoms with van der Waals surface area (Å²) >= 11 is 0. The maximum absolute atomic E-state index is 6.08. The van der Waals surface area contributed by atoms with Gasteiger partial charge < -0.3 is 11.1 Å². The van der Waals surface area contributed by atoms with E-state index in [1.54, 1.807) is 0 Å². The predicted molar refractivity (Wildman–Crippen MR) is 80.7 cm³/mol. The second kappa shape index (κ2) is 7.49. The lowest BCUT2D eigenvalue weighted by atomic mass is 9.83. The molecule has 0 radical (unpaired) electrons. The number of hydrogen-bond donors (Lipinski definition) is 2. The summed E-state index contributed by atoms with van der Waals surface area (Å²) in [7, 11) is 0. The van der Waals surface area contributed by atoms with E-state index in [9.17, 15) is 0 Å². The standard InChI is InChI=1S/C16H34N2/c1-13(2)15(14(3)4)11-18-16(12-17)9-7-5-6-8-10-16/h13-15,18H,5-12,17H2,1-4H3. The van der Waals surface area contributed by atoms with Crippen LogP contribution in [0.5, 0.6) is 0 Å². The van der Waals surface area contributed by atoms with E-state index in [-0.39, 0.29) is 5.54 Å². The van der Waals surface area contributed by atoms with E-state index in [1.165, 1.54) is 38.5 Å². The molecular formula is C16H34N2. The van der Waals surface area contributed by atoms with Crippen LogP contribution in [0.1, 0.15) is 66.2 Å². The minimum atomic E-state index is 0.235. The van der Waals surface area contributed by atoms with Crippen LogP contribution in [-0.2, 0) is 0 Å². The fourth-order valence-corrected chi connectivity index (χ4v) is 3.43. The number of rotatable bonds is 6. The van der Waals surface area contributed by atoms with Crippen molar-refractivity contribution in [2.45, 2.75) is 71.8 Å². The Hall–Kier alpha value is -0.0800. The normalized spacial score (nSPS) is 20.7.